The molecule has 0 saturated heterocycles. The summed E-state index contributed by atoms with van der Waals surface area (Å²) in [5.74, 6) is -11.8. The number of hydrogen-bond acceptors (Lipinski definition) is 2. The van der Waals surface area contributed by atoms with Crippen molar-refractivity contribution in [2.45, 2.75) is 24.9 Å². The Bertz CT molecular complexity index is 624. The summed E-state index contributed by atoms with van der Waals surface area (Å²) in [5, 5.41) is 8.63. The molecule has 0 atom stereocenters. The van der Waals surface area contributed by atoms with E-state index in [4.69, 9.17) is 5.26 Å². The first-order valence-electron chi connectivity index (χ1n) is 4.83. The molecule has 0 aliphatic heterocycles. The number of H-pyrrole nitrogens is 1. The number of pyridine rings is 1. The lowest BCUT2D eigenvalue weighted by atomic mass is 10.0. The van der Waals surface area contributed by atoms with E-state index < -0.39 is 28.4 Å². The number of halogens is 7. The van der Waals surface area contributed by atoms with Crippen molar-refractivity contribution in [1.82, 2.24) is 4.98 Å². The second kappa shape index (κ2) is 4.73. The van der Waals surface area contributed by atoms with Crippen LogP contribution in [0, 0.1) is 22.9 Å². The summed E-state index contributed by atoms with van der Waals surface area (Å²) in [5.41, 5.74) is -2.22. The summed E-state index contributed by atoms with van der Waals surface area (Å²) in [6, 6.07) is 1.86. The molecule has 0 unspecified atom stereocenters. The maximum absolute atomic E-state index is 13.4. The quantitative estimate of drug-likeness (QED) is 0.655. The summed E-state index contributed by atoms with van der Waals surface area (Å²) in [6.07, 6.45) is -6.44. The van der Waals surface area contributed by atoms with Gasteiger partial charge in [0.2, 0.25) is 0 Å². The number of nitrogens with zero attached hydrogens (tertiary/aromatic N) is 1. The standard InChI is InChI=1S/C10H5F7N2S/c1-4-2-6(19-7(20)5(4)3-18)8(11,12)9(13,14)10(15,16)17/h2H,1H3,(H,19,20). The average Bonchev–Trinajstić information content (AvgIpc) is 2.26. The highest BCUT2D eigenvalue weighted by atomic mass is 32.1. The van der Waals surface area contributed by atoms with Crippen molar-refractivity contribution >= 4 is 12.2 Å². The van der Waals surface area contributed by atoms with Crippen LogP contribution < -0.4 is 0 Å². The van der Waals surface area contributed by atoms with Crippen LogP contribution in [0.2, 0.25) is 0 Å². The molecule has 0 fully saturated rings. The zero-order chi connectivity index (χ0) is 15.9. The molecule has 0 aromatic carbocycles. The normalized spacial score (nSPS) is 13.2. The third kappa shape index (κ3) is 2.37. The average molecular weight is 318 g/mol. The molecule has 0 bridgehead atoms. The minimum atomic E-state index is -6.44. The second-order valence-corrected chi connectivity index (χ2v) is 4.24. The monoisotopic (exact) mass is 318 g/mol. The van der Waals surface area contributed by atoms with Crippen LogP contribution in [0.4, 0.5) is 30.7 Å². The van der Waals surface area contributed by atoms with Crippen molar-refractivity contribution < 1.29 is 30.7 Å². The van der Waals surface area contributed by atoms with Gasteiger partial charge >= 0.3 is 18.0 Å². The highest BCUT2D eigenvalue weighted by molar-refractivity contribution is 7.71. The smallest absolute Gasteiger partial charge is 0.344 e. The Balaban J connectivity index is 3.53. The number of aryl methyl sites for hydroxylation is 1. The maximum atomic E-state index is 13.4. The number of rotatable bonds is 2. The Morgan fingerprint density at radius 1 is 1.15 bits per heavy atom. The Labute approximate surface area is 112 Å². The van der Waals surface area contributed by atoms with Crippen molar-refractivity contribution in [1.29, 1.82) is 5.26 Å². The zero-order valence-electron chi connectivity index (χ0n) is 9.58. The Morgan fingerprint density at radius 3 is 2.00 bits per heavy atom. The SMILES string of the molecule is Cc1cc(C(F)(F)C(F)(F)C(F)(F)F)[nH]c(=S)c1C#N. The van der Waals surface area contributed by atoms with Crippen molar-refractivity contribution in [3.05, 3.63) is 27.5 Å². The topological polar surface area (TPSA) is 39.6 Å². The summed E-state index contributed by atoms with van der Waals surface area (Å²) in [6.45, 7) is 1.09. The first-order chi connectivity index (χ1) is 8.86. The Kier molecular flexibility index (Phi) is 3.88. The fourth-order valence-corrected chi connectivity index (χ4v) is 1.66. The molecule has 0 amide bonds. The molecule has 20 heavy (non-hydrogen) atoms. The van der Waals surface area contributed by atoms with Gasteiger partial charge in [-0.15, -0.1) is 0 Å². The van der Waals surface area contributed by atoms with Gasteiger partial charge in [-0.1, -0.05) is 12.2 Å². The summed E-state index contributed by atoms with van der Waals surface area (Å²) in [7, 11) is 0. The predicted octanol–water partition coefficient (Wildman–Crippen LogP) is 4.21. The Hall–Kier alpha value is -1.63. The third-order valence-corrected chi connectivity index (χ3v) is 2.74. The van der Waals surface area contributed by atoms with E-state index >= 15 is 0 Å². The lowest BCUT2D eigenvalue weighted by molar-refractivity contribution is -0.360. The number of hydrogen-bond donors (Lipinski definition) is 1. The third-order valence-electron chi connectivity index (χ3n) is 2.43. The zero-order valence-corrected chi connectivity index (χ0v) is 10.4. The van der Waals surface area contributed by atoms with E-state index in [0.29, 0.717) is 6.07 Å². The molecule has 110 valence electrons. The van der Waals surface area contributed by atoms with Crippen LogP contribution in [0.1, 0.15) is 16.8 Å². The lowest BCUT2D eigenvalue weighted by Gasteiger charge is -2.28. The van der Waals surface area contributed by atoms with Crippen LogP contribution >= 0.6 is 12.2 Å². The van der Waals surface area contributed by atoms with Crippen LogP contribution in [0.3, 0.4) is 0 Å². The fraction of sp³-hybridized carbons (Fsp3) is 0.400. The Morgan fingerprint density at radius 2 is 1.65 bits per heavy atom. The van der Waals surface area contributed by atoms with Crippen molar-refractivity contribution in [3.8, 4) is 6.07 Å². The molecule has 1 aromatic rings. The van der Waals surface area contributed by atoms with Crippen LogP contribution in [0.25, 0.3) is 0 Å². The molecular formula is C10H5F7N2S. The van der Waals surface area contributed by atoms with Crippen molar-refractivity contribution in [3.63, 3.8) is 0 Å². The lowest BCUT2D eigenvalue weighted by Crippen LogP contribution is -2.50. The van der Waals surface area contributed by atoms with E-state index in [2.05, 4.69) is 12.2 Å². The molecular weight excluding hydrogens is 313 g/mol. The number of aromatic amines is 1. The number of nitriles is 1. The minimum Gasteiger partial charge on any atom is -0.344 e. The fourth-order valence-electron chi connectivity index (χ4n) is 1.34. The van der Waals surface area contributed by atoms with E-state index in [-0.39, 0.29) is 11.1 Å². The van der Waals surface area contributed by atoms with Gasteiger partial charge in [-0.25, -0.2) is 0 Å². The molecule has 0 saturated carbocycles. The van der Waals surface area contributed by atoms with Gasteiger partial charge in [0.05, 0.1) is 11.3 Å². The van der Waals surface area contributed by atoms with Crippen LogP contribution in [-0.2, 0) is 5.92 Å². The van der Waals surface area contributed by atoms with Gasteiger partial charge in [0, 0.05) is 0 Å². The summed E-state index contributed by atoms with van der Waals surface area (Å²) in [4.78, 5) is 1.55. The van der Waals surface area contributed by atoms with Crippen molar-refractivity contribution in [2.75, 3.05) is 0 Å². The molecule has 1 heterocycles. The minimum absolute atomic E-state index is 0.233. The largest absolute Gasteiger partial charge is 0.460 e. The molecule has 0 spiro atoms. The van der Waals surface area contributed by atoms with E-state index in [1.54, 1.807) is 4.98 Å². The first kappa shape index (κ1) is 16.4. The van der Waals surface area contributed by atoms with Crippen LogP contribution in [-0.4, -0.2) is 17.1 Å². The van der Waals surface area contributed by atoms with Gasteiger partial charge in [0.25, 0.3) is 0 Å². The van der Waals surface area contributed by atoms with Crippen LogP contribution in [0.5, 0.6) is 0 Å². The first-order valence-corrected chi connectivity index (χ1v) is 5.24. The van der Waals surface area contributed by atoms with E-state index in [9.17, 15) is 30.7 Å². The van der Waals surface area contributed by atoms with Crippen LogP contribution in [0.15, 0.2) is 6.07 Å². The molecule has 2 nitrogen and oxygen atoms in total. The van der Waals surface area contributed by atoms with Gasteiger partial charge in [-0.2, -0.15) is 36.0 Å². The molecule has 0 aliphatic carbocycles. The number of nitrogens with one attached hydrogen (secondary N) is 1. The van der Waals surface area contributed by atoms with E-state index in [1.807, 2.05) is 0 Å². The van der Waals surface area contributed by atoms with Gasteiger partial charge in [0.1, 0.15) is 10.7 Å². The molecule has 0 radical (unpaired) electrons. The predicted molar refractivity (Wildman–Crippen MR) is 56.0 cm³/mol. The highest BCUT2D eigenvalue weighted by Gasteiger charge is 2.74. The van der Waals surface area contributed by atoms with Gasteiger partial charge < -0.3 is 4.98 Å². The maximum Gasteiger partial charge on any atom is 0.460 e. The van der Waals surface area contributed by atoms with Crippen molar-refractivity contribution in [2.24, 2.45) is 0 Å². The van der Waals surface area contributed by atoms with E-state index in [1.165, 1.54) is 6.07 Å². The number of aromatic nitrogens is 1. The number of alkyl halides is 7. The summed E-state index contributed by atoms with van der Waals surface area (Å²) >= 11 is 4.47. The molecule has 1 rings (SSSR count). The molecule has 10 heteroatoms. The highest BCUT2D eigenvalue weighted by Crippen LogP contribution is 2.51. The molecule has 1 aromatic heterocycles. The van der Waals surface area contributed by atoms with Gasteiger partial charge in [-0.05, 0) is 18.6 Å². The van der Waals surface area contributed by atoms with E-state index in [0.717, 1.165) is 6.92 Å². The molecule has 1 N–H and O–H groups in total. The van der Waals surface area contributed by atoms with Gasteiger partial charge in [0.15, 0.2) is 0 Å². The summed E-state index contributed by atoms with van der Waals surface area (Å²) < 4.78 is 88.0. The molecule has 0 aliphatic rings. The second-order valence-electron chi connectivity index (χ2n) is 3.83. The van der Waals surface area contributed by atoms with Gasteiger partial charge in [-0.3, -0.25) is 0 Å².